The van der Waals surface area contributed by atoms with Crippen molar-refractivity contribution >= 4 is 0 Å². The average Bonchev–Trinajstić information content (AvgIpc) is 2.34. The van der Waals surface area contributed by atoms with Crippen LogP contribution >= 0.6 is 0 Å². The number of aliphatic hydroxyl groups excluding tert-OH is 1. The van der Waals surface area contributed by atoms with Crippen LogP contribution in [0.3, 0.4) is 0 Å². The summed E-state index contributed by atoms with van der Waals surface area (Å²) in [4.78, 5) is 0. The number of hydrogen-bond acceptors (Lipinski definition) is 3. The van der Waals surface area contributed by atoms with Gasteiger partial charge in [0, 0.05) is 6.54 Å². The largest absolute Gasteiger partial charge is 0.491 e. The molecule has 1 aromatic carbocycles. The molecule has 0 fully saturated rings. The van der Waals surface area contributed by atoms with Gasteiger partial charge in [0.1, 0.15) is 18.5 Å². The Balaban J connectivity index is 2.43. The van der Waals surface area contributed by atoms with Crippen molar-refractivity contribution in [2.75, 3.05) is 19.7 Å². The Kier molecular flexibility index (Phi) is 6.01. The minimum atomic E-state index is -0.461. The zero-order valence-corrected chi connectivity index (χ0v) is 10.9. The summed E-state index contributed by atoms with van der Waals surface area (Å²) in [6, 6.07) is 8.03. The summed E-state index contributed by atoms with van der Waals surface area (Å²) < 4.78 is 5.57. The molecule has 0 aliphatic carbocycles. The van der Waals surface area contributed by atoms with E-state index in [9.17, 15) is 5.11 Å². The molecule has 2 N–H and O–H groups in total. The third kappa shape index (κ3) is 5.20. The Bertz CT molecular complexity index is 326. The van der Waals surface area contributed by atoms with Crippen LogP contribution in [0.25, 0.3) is 0 Å². The summed E-state index contributed by atoms with van der Waals surface area (Å²) >= 11 is 0. The number of aliphatic hydroxyl groups is 1. The van der Waals surface area contributed by atoms with Gasteiger partial charge in [0.25, 0.3) is 0 Å². The maximum atomic E-state index is 9.63. The standard InChI is InChI=1S/C14H23NO2/c1-4-15-9-13(16)10-17-14-7-5-6-12(8-14)11(2)3/h5-8,11,13,15-16H,4,9-10H2,1-3H3. The molecule has 1 unspecified atom stereocenters. The summed E-state index contributed by atoms with van der Waals surface area (Å²) in [7, 11) is 0. The fourth-order valence-corrected chi connectivity index (χ4v) is 1.53. The van der Waals surface area contributed by atoms with Crippen LogP contribution in [0.2, 0.25) is 0 Å². The van der Waals surface area contributed by atoms with Crippen molar-refractivity contribution in [3.05, 3.63) is 29.8 Å². The summed E-state index contributed by atoms with van der Waals surface area (Å²) in [6.07, 6.45) is -0.461. The predicted octanol–water partition coefficient (Wildman–Crippen LogP) is 2.16. The van der Waals surface area contributed by atoms with E-state index in [-0.39, 0.29) is 0 Å². The predicted molar refractivity (Wildman–Crippen MR) is 70.6 cm³/mol. The first-order chi connectivity index (χ1) is 8.13. The molecule has 0 heterocycles. The molecule has 0 aliphatic heterocycles. The zero-order valence-electron chi connectivity index (χ0n) is 10.9. The molecule has 0 amide bonds. The Morgan fingerprint density at radius 2 is 2.12 bits per heavy atom. The second-order valence-electron chi connectivity index (χ2n) is 4.50. The number of nitrogens with one attached hydrogen (secondary N) is 1. The van der Waals surface area contributed by atoms with Gasteiger partial charge >= 0.3 is 0 Å². The first-order valence-corrected chi connectivity index (χ1v) is 6.25. The highest BCUT2D eigenvalue weighted by Crippen LogP contribution is 2.20. The van der Waals surface area contributed by atoms with Gasteiger partial charge in [-0.15, -0.1) is 0 Å². The first kappa shape index (κ1) is 14.0. The lowest BCUT2D eigenvalue weighted by Crippen LogP contribution is -2.31. The number of likely N-dealkylation sites (N-methyl/N-ethyl adjacent to an activating group) is 1. The van der Waals surface area contributed by atoms with Crippen LogP contribution in [-0.2, 0) is 0 Å². The Hall–Kier alpha value is -1.06. The molecule has 3 heteroatoms. The van der Waals surface area contributed by atoms with Gasteiger partial charge < -0.3 is 15.2 Å². The number of rotatable bonds is 7. The van der Waals surface area contributed by atoms with Crippen LogP contribution in [0, 0.1) is 0 Å². The van der Waals surface area contributed by atoms with E-state index in [0.717, 1.165) is 12.3 Å². The summed E-state index contributed by atoms with van der Waals surface area (Å²) in [5.41, 5.74) is 1.25. The lowest BCUT2D eigenvalue weighted by atomic mass is 10.0. The molecule has 1 atom stereocenters. The smallest absolute Gasteiger partial charge is 0.119 e. The van der Waals surface area contributed by atoms with Crippen LogP contribution in [-0.4, -0.2) is 30.9 Å². The Morgan fingerprint density at radius 1 is 1.35 bits per heavy atom. The van der Waals surface area contributed by atoms with E-state index in [2.05, 4.69) is 25.2 Å². The number of ether oxygens (including phenoxy) is 1. The molecule has 17 heavy (non-hydrogen) atoms. The quantitative estimate of drug-likeness (QED) is 0.763. The van der Waals surface area contributed by atoms with Gasteiger partial charge in [0.05, 0.1) is 0 Å². The van der Waals surface area contributed by atoms with Crippen LogP contribution < -0.4 is 10.1 Å². The zero-order chi connectivity index (χ0) is 12.7. The van der Waals surface area contributed by atoms with Gasteiger partial charge in [-0.1, -0.05) is 32.9 Å². The summed E-state index contributed by atoms with van der Waals surface area (Å²) in [5.74, 6) is 1.32. The minimum absolute atomic E-state index is 0.328. The molecule has 0 bridgehead atoms. The average molecular weight is 237 g/mol. The third-order valence-electron chi connectivity index (χ3n) is 2.60. The molecule has 1 rings (SSSR count). The van der Waals surface area contributed by atoms with Crippen LogP contribution in [0.15, 0.2) is 24.3 Å². The normalized spacial score (nSPS) is 12.8. The van der Waals surface area contributed by atoms with E-state index < -0.39 is 6.10 Å². The molecule has 0 aliphatic rings. The van der Waals surface area contributed by atoms with Crippen molar-refractivity contribution < 1.29 is 9.84 Å². The van der Waals surface area contributed by atoms with Crippen molar-refractivity contribution in [2.24, 2.45) is 0 Å². The highest BCUT2D eigenvalue weighted by atomic mass is 16.5. The highest BCUT2D eigenvalue weighted by Gasteiger charge is 2.05. The molecular weight excluding hydrogens is 214 g/mol. The first-order valence-electron chi connectivity index (χ1n) is 6.25. The van der Waals surface area contributed by atoms with Crippen molar-refractivity contribution in [2.45, 2.75) is 32.8 Å². The number of benzene rings is 1. The minimum Gasteiger partial charge on any atom is -0.491 e. The summed E-state index contributed by atoms with van der Waals surface area (Å²) in [6.45, 7) is 8.08. The second-order valence-corrected chi connectivity index (χ2v) is 4.50. The van der Waals surface area contributed by atoms with Crippen LogP contribution in [0.1, 0.15) is 32.3 Å². The third-order valence-corrected chi connectivity index (χ3v) is 2.60. The van der Waals surface area contributed by atoms with E-state index >= 15 is 0 Å². The lowest BCUT2D eigenvalue weighted by molar-refractivity contribution is 0.107. The molecule has 0 saturated heterocycles. The van der Waals surface area contributed by atoms with Crippen molar-refractivity contribution in [1.29, 1.82) is 0 Å². The van der Waals surface area contributed by atoms with Crippen LogP contribution in [0.4, 0.5) is 0 Å². The molecular formula is C14H23NO2. The van der Waals surface area contributed by atoms with Gasteiger partial charge in [-0.05, 0) is 30.2 Å². The topological polar surface area (TPSA) is 41.5 Å². The molecule has 96 valence electrons. The van der Waals surface area contributed by atoms with Gasteiger partial charge in [-0.2, -0.15) is 0 Å². The van der Waals surface area contributed by atoms with Gasteiger partial charge in [-0.3, -0.25) is 0 Å². The fraction of sp³-hybridized carbons (Fsp3) is 0.571. The van der Waals surface area contributed by atoms with E-state index in [1.165, 1.54) is 5.56 Å². The SMILES string of the molecule is CCNCC(O)COc1cccc(C(C)C)c1. The summed E-state index contributed by atoms with van der Waals surface area (Å²) in [5, 5.41) is 12.7. The molecule has 0 saturated carbocycles. The van der Waals surface area contributed by atoms with Gasteiger partial charge in [0.2, 0.25) is 0 Å². The monoisotopic (exact) mass is 237 g/mol. The maximum Gasteiger partial charge on any atom is 0.119 e. The molecule has 1 aromatic rings. The van der Waals surface area contributed by atoms with Crippen molar-refractivity contribution in [1.82, 2.24) is 5.32 Å². The fourth-order valence-electron chi connectivity index (χ4n) is 1.53. The Labute approximate surface area is 104 Å². The van der Waals surface area contributed by atoms with Crippen molar-refractivity contribution in [3.8, 4) is 5.75 Å². The molecule has 3 nitrogen and oxygen atoms in total. The Morgan fingerprint density at radius 3 is 2.76 bits per heavy atom. The molecule has 0 radical (unpaired) electrons. The van der Waals surface area contributed by atoms with Crippen LogP contribution in [0.5, 0.6) is 5.75 Å². The maximum absolute atomic E-state index is 9.63. The van der Waals surface area contributed by atoms with E-state index in [1.54, 1.807) is 0 Å². The number of hydrogen-bond donors (Lipinski definition) is 2. The van der Waals surface area contributed by atoms with Gasteiger partial charge in [-0.25, -0.2) is 0 Å². The van der Waals surface area contributed by atoms with E-state index in [0.29, 0.717) is 19.1 Å². The molecule has 0 spiro atoms. The highest BCUT2D eigenvalue weighted by molar-refractivity contribution is 5.30. The van der Waals surface area contributed by atoms with E-state index in [1.807, 2.05) is 25.1 Å². The second kappa shape index (κ2) is 7.30. The van der Waals surface area contributed by atoms with Crippen molar-refractivity contribution in [3.63, 3.8) is 0 Å². The molecule has 0 aromatic heterocycles. The van der Waals surface area contributed by atoms with E-state index in [4.69, 9.17) is 4.74 Å². The lowest BCUT2D eigenvalue weighted by Gasteiger charge is -2.14. The van der Waals surface area contributed by atoms with Gasteiger partial charge in [0.15, 0.2) is 0 Å².